The molecule has 4 aliphatic carbocycles. The molecule has 8 heteroatoms. The second kappa shape index (κ2) is 9.09. The molecular weight excluding hydrogens is 484 g/mol. The van der Waals surface area contributed by atoms with Crippen LogP contribution in [0.25, 0.3) is 0 Å². The number of hydrogen-bond donors (Lipinski definition) is 1. The summed E-state index contributed by atoms with van der Waals surface area (Å²) in [6.45, 7) is 8.61. The van der Waals surface area contributed by atoms with Gasteiger partial charge >= 0.3 is 11.9 Å². The highest BCUT2D eigenvalue weighted by Gasteiger charge is 2.76. The van der Waals surface area contributed by atoms with E-state index in [4.69, 9.17) is 21.1 Å². The van der Waals surface area contributed by atoms with E-state index in [-0.39, 0.29) is 42.8 Å². The van der Waals surface area contributed by atoms with Crippen LogP contribution < -0.4 is 0 Å². The topological polar surface area (TPSA) is 107 Å². The second-order valence-electron chi connectivity index (χ2n) is 11.4. The number of rotatable bonds is 6. The molecule has 0 saturated heterocycles. The van der Waals surface area contributed by atoms with Crippen LogP contribution in [0, 0.1) is 28.6 Å². The van der Waals surface area contributed by atoms with Crippen LogP contribution in [0.5, 0.6) is 0 Å². The third kappa shape index (κ3) is 3.48. The summed E-state index contributed by atoms with van der Waals surface area (Å²) in [6.07, 6.45) is 6.18. The fourth-order valence-electron chi connectivity index (χ4n) is 8.01. The zero-order valence-electron chi connectivity index (χ0n) is 21.8. The van der Waals surface area contributed by atoms with Crippen molar-refractivity contribution in [3.05, 3.63) is 23.8 Å². The molecule has 0 aromatic carbocycles. The number of alkyl halides is 1. The van der Waals surface area contributed by atoms with Crippen molar-refractivity contribution in [1.82, 2.24) is 0 Å². The van der Waals surface area contributed by atoms with Gasteiger partial charge in [-0.1, -0.05) is 46.3 Å². The molecule has 0 amide bonds. The van der Waals surface area contributed by atoms with Gasteiger partial charge < -0.3 is 14.6 Å². The Labute approximate surface area is 217 Å². The maximum Gasteiger partial charge on any atom is 0.306 e. The number of aliphatic hydroxyl groups excluding tert-OH is 1. The Morgan fingerprint density at radius 3 is 2.44 bits per heavy atom. The predicted octanol–water partition coefficient (Wildman–Crippen LogP) is 4.09. The van der Waals surface area contributed by atoms with E-state index in [2.05, 4.69) is 0 Å². The Kier molecular flexibility index (Phi) is 6.83. The average Bonchev–Trinajstić information content (AvgIpc) is 3.05. The van der Waals surface area contributed by atoms with Crippen LogP contribution in [0.4, 0.5) is 0 Å². The van der Waals surface area contributed by atoms with Gasteiger partial charge in [-0.15, -0.1) is 11.6 Å². The van der Waals surface area contributed by atoms with Crippen LogP contribution in [-0.2, 0) is 28.7 Å². The molecule has 0 bridgehead atoms. The van der Waals surface area contributed by atoms with E-state index >= 15 is 0 Å². The first-order valence-electron chi connectivity index (χ1n) is 13.0. The minimum atomic E-state index is -1.55. The van der Waals surface area contributed by atoms with Crippen LogP contribution in [0.3, 0.4) is 0 Å². The number of hydrogen-bond acceptors (Lipinski definition) is 7. The summed E-state index contributed by atoms with van der Waals surface area (Å²) in [7, 11) is 0. The first-order chi connectivity index (χ1) is 16.8. The van der Waals surface area contributed by atoms with Crippen molar-refractivity contribution in [2.75, 3.05) is 6.61 Å². The molecule has 0 aliphatic heterocycles. The van der Waals surface area contributed by atoms with Crippen molar-refractivity contribution in [2.45, 2.75) is 89.7 Å². The quantitative estimate of drug-likeness (QED) is 0.415. The van der Waals surface area contributed by atoms with Gasteiger partial charge in [-0.25, -0.2) is 0 Å². The zero-order valence-corrected chi connectivity index (χ0v) is 22.5. The summed E-state index contributed by atoms with van der Waals surface area (Å²) in [4.78, 5) is 49.5. The number of halogens is 1. The molecule has 3 saturated carbocycles. The highest BCUT2D eigenvalue weighted by atomic mass is 35.5. The molecule has 1 N–H and O–H groups in total. The maximum atomic E-state index is 13.9. The molecule has 7 nitrogen and oxygen atoms in total. The van der Waals surface area contributed by atoms with Gasteiger partial charge in [-0.2, -0.15) is 0 Å². The number of ketones is 2. The molecule has 0 radical (unpaired) electrons. The molecule has 0 heterocycles. The fraction of sp³-hybridized carbons (Fsp3) is 0.714. The Bertz CT molecular complexity index is 1050. The monoisotopic (exact) mass is 520 g/mol. The third-order valence-corrected chi connectivity index (χ3v) is 10.7. The number of ether oxygens (including phenoxy) is 2. The van der Waals surface area contributed by atoms with E-state index in [0.29, 0.717) is 19.3 Å². The maximum absolute atomic E-state index is 13.9. The highest BCUT2D eigenvalue weighted by molar-refractivity contribution is 6.26. The Morgan fingerprint density at radius 1 is 1.14 bits per heavy atom. The van der Waals surface area contributed by atoms with Crippen LogP contribution in [0.1, 0.15) is 73.1 Å². The molecular formula is C28H37ClO7. The van der Waals surface area contributed by atoms with Gasteiger partial charge in [0, 0.05) is 29.6 Å². The van der Waals surface area contributed by atoms with E-state index in [9.17, 15) is 24.3 Å². The summed E-state index contributed by atoms with van der Waals surface area (Å²) in [5.74, 6) is -2.24. The molecule has 0 aromatic rings. The first kappa shape index (κ1) is 27.1. The SMILES string of the molecule is CCC(=O)OCC(=O)[C@@]1(OC(=O)CC)[C@@H](C)C[C@H]2[C@@H]3CCC4=CC(=O)C=C[C@]4(C)[C@@]3(Cl)[C@@H](O)C[C@]21C. The summed E-state index contributed by atoms with van der Waals surface area (Å²) in [6, 6.07) is 0. The molecule has 3 fully saturated rings. The van der Waals surface area contributed by atoms with Gasteiger partial charge in [-0.05, 0) is 49.7 Å². The lowest BCUT2D eigenvalue weighted by Crippen LogP contribution is -2.69. The smallest absolute Gasteiger partial charge is 0.306 e. The number of fused-ring (bicyclic) bond motifs is 5. The highest BCUT2D eigenvalue weighted by Crippen LogP contribution is 2.72. The number of Topliss-reactive ketones (excluding diaryl/α,β-unsaturated/α-hetero) is 1. The Balaban J connectivity index is 1.80. The van der Waals surface area contributed by atoms with Crippen LogP contribution in [0.2, 0.25) is 0 Å². The summed E-state index contributed by atoms with van der Waals surface area (Å²) >= 11 is 7.48. The van der Waals surface area contributed by atoms with Crippen molar-refractivity contribution >= 4 is 35.1 Å². The minimum Gasteiger partial charge on any atom is -0.457 e. The molecule has 4 rings (SSSR count). The summed E-state index contributed by atoms with van der Waals surface area (Å²) in [5.41, 5.74) is -2.27. The molecule has 0 aromatic heterocycles. The van der Waals surface area contributed by atoms with Gasteiger partial charge in [0.15, 0.2) is 18.0 Å². The van der Waals surface area contributed by atoms with E-state index in [0.717, 1.165) is 5.57 Å². The van der Waals surface area contributed by atoms with E-state index < -0.39 is 51.7 Å². The number of aliphatic hydroxyl groups is 1. The van der Waals surface area contributed by atoms with Crippen LogP contribution >= 0.6 is 11.6 Å². The number of allylic oxidation sites excluding steroid dienone is 4. The minimum absolute atomic E-state index is 0.0801. The van der Waals surface area contributed by atoms with Crippen molar-refractivity contribution < 1.29 is 33.8 Å². The van der Waals surface area contributed by atoms with Crippen molar-refractivity contribution in [3.63, 3.8) is 0 Å². The Morgan fingerprint density at radius 2 is 1.81 bits per heavy atom. The van der Waals surface area contributed by atoms with E-state index in [1.165, 1.54) is 6.08 Å². The largest absolute Gasteiger partial charge is 0.457 e. The fourth-order valence-corrected chi connectivity index (χ4v) is 8.53. The normalized spacial score (nSPS) is 43.1. The standard InChI is InChI=1S/C28H37ClO7/c1-6-23(33)35-15-22(32)28(36-24(34)7-2)16(3)12-20-19-9-8-17-13-18(30)10-11-25(17,4)27(19,29)21(31)14-26(20,28)5/h10-11,13,16,19-21,31H,6-9,12,14-15H2,1-5H3/t16-,19-,20-,21-,25-,26+,27-,28-/m0/s1. The number of carbonyl (C=O) groups is 4. The zero-order chi connectivity index (χ0) is 26.7. The van der Waals surface area contributed by atoms with Crippen LogP contribution in [-0.4, -0.2) is 51.8 Å². The van der Waals surface area contributed by atoms with Gasteiger partial charge in [0.2, 0.25) is 5.78 Å². The van der Waals surface area contributed by atoms with Crippen molar-refractivity contribution in [2.24, 2.45) is 28.6 Å². The molecule has 0 spiro atoms. The average molecular weight is 521 g/mol. The predicted molar refractivity (Wildman–Crippen MR) is 133 cm³/mol. The van der Waals surface area contributed by atoms with Crippen molar-refractivity contribution in [1.29, 1.82) is 0 Å². The van der Waals surface area contributed by atoms with E-state index in [1.54, 1.807) is 19.9 Å². The lowest BCUT2D eigenvalue weighted by atomic mass is 9.45. The van der Waals surface area contributed by atoms with Gasteiger partial charge in [0.05, 0.1) is 11.0 Å². The molecule has 4 aliphatic rings. The van der Waals surface area contributed by atoms with Gasteiger partial charge in [0.1, 0.15) is 0 Å². The van der Waals surface area contributed by atoms with Crippen LogP contribution in [0.15, 0.2) is 23.8 Å². The number of carbonyl (C=O) groups excluding carboxylic acids is 4. The number of esters is 2. The second-order valence-corrected chi connectivity index (χ2v) is 12.0. The Hall–Kier alpha value is -1.99. The van der Waals surface area contributed by atoms with E-state index in [1.807, 2.05) is 26.8 Å². The third-order valence-electron chi connectivity index (χ3n) is 9.81. The van der Waals surface area contributed by atoms with Crippen molar-refractivity contribution in [3.8, 4) is 0 Å². The lowest BCUT2D eigenvalue weighted by Gasteiger charge is -2.64. The molecule has 198 valence electrons. The summed E-state index contributed by atoms with van der Waals surface area (Å²) < 4.78 is 11.3. The molecule has 8 atom stereocenters. The molecule has 36 heavy (non-hydrogen) atoms. The first-order valence-corrected chi connectivity index (χ1v) is 13.4. The summed E-state index contributed by atoms with van der Waals surface area (Å²) in [5, 5.41) is 11.8. The van der Waals surface area contributed by atoms with Gasteiger partial charge in [-0.3, -0.25) is 19.2 Å². The lowest BCUT2D eigenvalue weighted by molar-refractivity contribution is -0.203. The van der Waals surface area contributed by atoms with Gasteiger partial charge in [0.25, 0.3) is 0 Å². The molecule has 0 unspecified atom stereocenters.